The molecule has 0 radical (unpaired) electrons. The lowest BCUT2D eigenvalue weighted by Crippen LogP contribution is -2.31. The van der Waals surface area contributed by atoms with Crippen molar-refractivity contribution in [3.8, 4) is 0 Å². The van der Waals surface area contributed by atoms with Crippen molar-refractivity contribution in [1.82, 2.24) is 0 Å². The minimum absolute atomic E-state index is 0.685. The van der Waals surface area contributed by atoms with Crippen LogP contribution in [0.4, 0.5) is 0 Å². The molecule has 2 rings (SSSR count). The Balaban J connectivity index is 2.08. The van der Waals surface area contributed by atoms with E-state index >= 15 is 0 Å². The van der Waals surface area contributed by atoms with Crippen molar-refractivity contribution < 1.29 is 0 Å². The van der Waals surface area contributed by atoms with Crippen LogP contribution in [0.1, 0.15) is 52.9 Å². The number of hydrogen-bond donors (Lipinski definition) is 1. The Morgan fingerprint density at radius 1 is 0.800 bits per heavy atom. The van der Waals surface area contributed by atoms with Gasteiger partial charge in [-0.1, -0.05) is 27.2 Å². The standard InChI is InChI=1S/C14H26S/c1-9-4-5-12-8-13(15)6-11(3)14(12)7-10(9)2/h9-15H,4-8H2,1-3H3. The van der Waals surface area contributed by atoms with Gasteiger partial charge >= 0.3 is 0 Å². The van der Waals surface area contributed by atoms with Gasteiger partial charge in [0.25, 0.3) is 0 Å². The summed E-state index contributed by atoms with van der Waals surface area (Å²) < 4.78 is 0. The third-order valence-corrected chi connectivity index (χ3v) is 5.58. The molecule has 0 aromatic heterocycles. The van der Waals surface area contributed by atoms with Crippen LogP contribution >= 0.6 is 12.6 Å². The first-order valence-corrected chi connectivity index (χ1v) is 7.27. The largest absolute Gasteiger partial charge is 0.176 e. The van der Waals surface area contributed by atoms with Gasteiger partial charge < -0.3 is 0 Å². The lowest BCUT2D eigenvalue weighted by Gasteiger charge is -2.39. The normalized spacial score (nSPS) is 52.0. The Hall–Kier alpha value is 0.350. The average molecular weight is 226 g/mol. The van der Waals surface area contributed by atoms with E-state index in [-0.39, 0.29) is 0 Å². The topological polar surface area (TPSA) is 0 Å². The predicted molar refractivity (Wildman–Crippen MR) is 70.3 cm³/mol. The van der Waals surface area contributed by atoms with E-state index in [1.807, 2.05) is 0 Å². The van der Waals surface area contributed by atoms with Gasteiger partial charge in [0.15, 0.2) is 0 Å². The summed E-state index contributed by atoms with van der Waals surface area (Å²) in [5.41, 5.74) is 0. The maximum Gasteiger partial charge on any atom is 0.00221 e. The number of fused-ring (bicyclic) bond motifs is 1. The molecule has 0 aliphatic heterocycles. The van der Waals surface area contributed by atoms with E-state index in [2.05, 4.69) is 20.8 Å². The first-order chi connectivity index (χ1) is 7.08. The molecule has 0 aromatic carbocycles. The maximum atomic E-state index is 4.72. The second-order valence-corrected chi connectivity index (χ2v) is 7.02. The van der Waals surface area contributed by atoms with Crippen LogP contribution in [0, 0.1) is 29.6 Å². The zero-order valence-electron chi connectivity index (χ0n) is 10.4. The molecule has 0 nitrogen and oxygen atoms in total. The lowest BCUT2D eigenvalue weighted by atomic mass is 9.69. The smallest absolute Gasteiger partial charge is 0.00221 e. The Morgan fingerprint density at radius 3 is 2.27 bits per heavy atom. The Bertz CT molecular complexity index is 213. The van der Waals surface area contributed by atoms with Crippen molar-refractivity contribution in [3.05, 3.63) is 0 Å². The van der Waals surface area contributed by atoms with E-state index in [4.69, 9.17) is 12.6 Å². The van der Waals surface area contributed by atoms with E-state index in [0.717, 1.165) is 29.6 Å². The molecular formula is C14H26S. The quantitative estimate of drug-likeness (QED) is 0.581. The van der Waals surface area contributed by atoms with Crippen molar-refractivity contribution in [3.63, 3.8) is 0 Å². The highest BCUT2D eigenvalue weighted by molar-refractivity contribution is 7.80. The summed E-state index contributed by atoms with van der Waals surface area (Å²) in [6.45, 7) is 7.38. The van der Waals surface area contributed by atoms with Gasteiger partial charge in [0.2, 0.25) is 0 Å². The van der Waals surface area contributed by atoms with E-state index in [1.54, 1.807) is 0 Å². The Labute approximate surface area is 101 Å². The third-order valence-electron chi connectivity index (χ3n) is 5.16. The van der Waals surface area contributed by atoms with Gasteiger partial charge in [-0.25, -0.2) is 0 Å². The Morgan fingerprint density at radius 2 is 1.53 bits per heavy atom. The van der Waals surface area contributed by atoms with Gasteiger partial charge in [-0.3, -0.25) is 0 Å². The summed E-state index contributed by atoms with van der Waals surface area (Å²) in [4.78, 5) is 0. The molecule has 0 saturated heterocycles. The van der Waals surface area contributed by atoms with E-state index in [1.165, 1.54) is 32.1 Å². The highest BCUT2D eigenvalue weighted by Crippen LogP contribution is 2.46. The summed E-state index contributed by atoms with van der Waals surface area (Å²) in [7, 11) is 0. The highest BCUT2D eigenvalue weighted by atomic mass is 32.1. The minimum atomic E-state index is 0.685. The second-order valence-electron chi connectivity index (χ2n) is 6.29. The number of hydrogen-bond acceptors (Lipinski definition) is 1. The molecule has 88 valence electrons. The molecule has 0 bridgehead atoms. The summed E-state index contributed by atoms with van der Waals surface area (Å²) in [5, 5.41) is 0.685. The molecule has 6 atom stereocenters. The summed E-state index contributed by atoms with van der Waals surface area (Å²) in [5.74, 6) is 4.80. The van der Waals surface area contributed by atoms with Crippen LogP contribution in [0.3, 0.4) is 0 Å². The maximum absolute atomic E-state index is 4.72. The van der Waals surface area contributed by atoms with Crippen molar-refractivity contribution in [2.75, 3.05) is 0 Å². The molecule has 0 spiro atoms. The fourth-order valence-corrected chi connectivity index (χ4v) is 4.47. The number of rotatable bonds is 0. The molecule has 0 N–H and O–H groups in total. The zero-order chi connectivity index (χ0) is 11.0. The van der Waals surface area contributed by atoms with Gasteiger partial charge in [-0.05, 0) is 55.3 Å². The van der Waals surface area contributed by atoms with Gasteiger partial charge in [0.1, 0.15) is 0 Å². The first-order valence-electron chi connectivity index (χ1n) is 6.76. The molecule has 15 heavy (non-hydrogen) atoms. The average Bonchev–Trinajstić information content (AvgIpc) is 2.30. The van der Waals surface area contributed by atoms with Gasteiger partial charge in [0, 0.05) is 5.25 Å². The Kier molecular flexibility index (Phi) is 3.70. The van der Waals surface area contributed by atoms with Crippen molar-refractivity contribution >= 4 is 12.6 Å². The molecule has 0 heterocycles. The van der Waals surface area contributed by atoms with Crippen molar-refractivity contribution in [2.45, 2.75) is 58.1 Å². The molecule has 2 aliphatic rings. The predicted octanol–water partition coefficient (Wildman–Crippen LogP) is 4.40. The summed E-state index contributed by atoms with van der Waals surface area (Å²) in [6, 6.07) is 0. The van der Waals surface area contributed by atoms with E-state index in [0.29, 0.717) is 5.25 Å². The van der Waals surface area contributed by atoms with Crippen LogP contribution in [-0.2, 0) is 0 Å². The third kappa shape index (κ3) is 2.54. The highest BCUT2D eigenvalue weighted by Gasteiger charge is 2.37. The van der Waals surface area contributed by atoms with Gasteiger partial charge in [0.05, 0.1) is 0 Å². The van der Waals surface area contributed by atoms with Crippen LogP contribution in [0.15, 0.2) is 0 Å². The van der Waals surface area contributed by atoms with Crippen LogP contribution in [0.2, 0.25) is 0 Å². The molecule has 0 aromatic rings. The van der Waals surface area contributed by atoms with Crippen molar-refractivity contribution in [1.29, 1.82) is 0 Å². The molecular weight excluding hydrogens is 200 g/mol. The van der Waals surface area contributed by atoms with E-state index in [9.17, 15) is 0 Å². The van der Waals surface area contributed by atoms with Crippen LogP contribution in [-0.4, -0.2) is 5.25 Å². The van der Waals surface area contributed by atoms with Crippen molar-refractivity contribution in [2.24, 2.45) is 29.6 Å². The van der Waals surface area contributed by atoms with Crippen LogP contribution in [0.25, 0.3) is 0 Å². The van der Waals surface area contributed by atoms with Crippen LogP contribution < -0.4 is 0 Å². The molecule has 1 heteroatoms. The fourth-order valence-electron chi connectivity index (χ4n) is 3.87. The zero-order valence-corrected chi connectivity index (χ0v) is 11.3. The fraction of sp³-hybridized carbons (Fsp3) is 1.00. The minimum Gasteiger partial charge on any atom is -0.176 e. The molecule has 2 saturated carbocycles. The second kappa shape index (κ2) is 4.69. The van der Waals surface area contributed by atoms with Gasteiger partial charge in [-0.2, -0.15) is 12.6 Å². The summed E-state index contributed by atoms with van der Waals surface area (Å²) in [6.07, 6.45) is 7.14. The number of thiol groups is 1. The molecule has 2 aliphatic carbocycles. The monoisotopic (exact) mass is 226 g/mol. The summed E-state index contributed by atoms with van der Waals surface area (Å²) >= 11 is 4.72. The van der Waals surface area contributed by atoms with E-state index < -0.39 is 0 Å². The SMILES string of the molecule is CC1CCC2CC(S)CC(C)C2CC1C. The van der Waals surface area contributed by atoms with Gasteiger partial charge in [-0.15, -0.1) is 0 Å². The molecule has 0 amide bonds. The van der Waals surface area contributed by atoms with Crippen LogP contribution in [0.5, 0.6) is 0 Å². The molecule has 2 fully saturated rings. The molecule has 6 unspecified atom stereocenters. The lowest BCUT2D eigenvalue weighted by molar-refractivity contribution is 0.149. The first kappa shape index (κ1) is 11.8.